The highest BCUT2D eigenvalue weighted by Gasteiger charge is 2.29. The minimum atomic E-state index is -0.678. The normalized spacial score (nSPS) is 12.6. The maximum atomic E-state index is 13.0. The smallest absolute Gasteiger partial charge is 0.442 e. The Morgan fingerprint density at radius 3 is 2.40 bits per heavy atom. The van der Waals surface area contributed by atoms with Gasteiger partial charge in [0.25, 0.3) is 5.56 Å². The number of benzene rings is 1. The van der Waals surface area contributed by atoms with Crippen LogP contribution in [0, 0.1) is 5.92 Å². The van der Waals surface area contributed by atoms with Crippen molar-refractivity contribution in [2.24, 2.45) is 13.0 Å². The first-order chi connectivity index (χ1) is 16.3. The zero-order valence-electron chi connectivity index (χ0n) is 21.6. The summed E-state index contributed by atoms with van der Waals surface area (Å²) >= 11 is 0. The first-order valence-electron chi connectivity index (χ1n) is 11.7. The lowest BCUT2D eigenvalue weighted by Gasteiger charge is -2.31. The molecule has 0 radical (unpaired) electrons. The zero-order chi connectivity index (χ0) is 26.1. The summed E-state index contributed by atoms with van der Waals surface area (Å²) in [4.78, 5) is 47.7. The fourth-order valence-corrected chi connectivity index (χ4v) is 3.97. The molecule has 0 unspecified atom stereocenters. The van der Waals surface area contributed by atoms with Crippen LogP contribution < -0.4 is 15.7 Å². The van der Waals surface area contributed by atoms with Gasteiger partial charge in [-0.05, 0) is 58.2 Å². The number of hydrogen-bond donors (Lipinski definition) is 1. The van der Waals surface area contributed by atoms with Crippen molar-refractivity contribution in [2.75, 3.05) is 5.32 Å². The standard InChI is InChI=1S/C26H34N4O5/c1-15(2)11-16(3)30(25(33)34-26(5,6)7)35-18-9-10-19-20-13-23(28-17(4)31)27-14-21(20)24(32)29(8)22(19)12-18/h9-10,12-16H,11H2,1-8H3,(H,27,28,31)/t16-/m0/s1. The number of nitrogens with zero attached hydrogens (tertiary/aromatic N) is 3. The van der Waals surface area contributed by atoms with Gasteiger partial charge < -0.3 is 19.5 Å². The summed E-state index contributed by atoms with van der Waals surface area (Å²) in [6, 6.07) is 6.72. The molecule has 0 aliphatic heterocycles. The number of hydroxylamine groups is 2. The number of aryl methyl sites for hydroxylation is 1. The van der Waals surface area contributed by atoms with Gasteiger partial charge >= 0.3 is 6.09 Å². The molecule has 0 aliphatic carbocycles. The minimum Gasteiger partial charge on any atom is -0.442 e. The molecule has 9 heteroatoms. The summed E-state index contributed by atoms with van der Waals surface area (Å²) < 4.78 is 7.09. The van der Waals surface area contributed by atoms with Crippen molar-refractivity contribution < 1.29 is 19.2 Å². The number of rotatable bonds is 6. The molecule has 9 nitrogen and oxygen atoms in total. The molecule has 3 rings (SSSR count). The van der Waals surface area contributed by atoms with Crippen LogP contribution in [0.4, 0.5) is 10.6 Å². The molecule has 2 amide bonds. The van der Waals surface area contributed by atoms with Gasteiger partial charge in [-0.25, -0.2) is 9.78 Å². The number of pyridine rings is 2. The van der Waals surface area contributed by atoms with Crippen molar-refractivity contribution in [1.29, 1.82) is 0 Å². The second kappa shape index (κ2) is 9.93. The van der Waals surface area contributed by atoms with E-state index < -0.39 is 11.7 Å². The van der Waals surface area contributed by atoms with E-state index in [1.807, 2.05) is 13.0 Å². The molecule has 0 bridgehead atoms. The second-order valence-electron chi connectivity index (χ2n) is 10.2. The molecule has 0 fully saturated rings. The Morgan fingerprint density at radius 1 is 1.11 bits per heavy atom. The van der Waals surface area contributed by atoms with Crippen LogP contribution in [0.25, 0.3) is 21.7 Å². The predicted molar refractivity (Wildman–Crippen MR) is 136 cm³/mol. The highest BCUT2D eigenvalue weighted by molar-refractivity contribution is 6.07. The Kier molecular flexibility index (Phi) is 7.38. The van der Waals surface area contributed by atoms with Gasteiger partial charge in [-0.3, -0.25) is 9.59 Å². The van der Waals surface area contributed by atoms with Gasteiger partial charge in [0.2, 0.25) is 5.91 Å². The van der Waals surface area contributed by atoms with Crippen LogP contribution in [0.2, 0.25) is 0 Å². The molecular weight excluding hydrogens is 448 g/mol. The highest BCUT2D eigenvalue weighted by atomic mass is 16.7. The summed E-state index contributed by atoms with van der Waals surface area (Å²) in [5.41, 5.74) is -0.299. The number of aromatic nitrogens is 2. The number of carbonyl (C=O) groups excluding carboxylic acids is 2. The fourth-order valence-electron chi connectivity index (χ4n) is 3.97. The first kappa shape index (κ1) is 26.0. The van der Waals surface area contributed by atoms with Gasteiger partial charge in [-0.15, -0.1) is 5.06 Å². The first-order valence-corrected chi connectivity index (χ1v) is 11.7. The third kappa shape index (κ3) is 6.09. The van der Waals surface area contributed by atoms with E-state index in [-0.39, 0.29) is 17.5 Å². The fraction of sp³-hybridized carbons (Fsp3) is 0.462. The van der Waals surface area contributed by atoms with Crippen molar-refractivity contribution in [3.63, 3.8) is 0 Å². The van der Waals surface area contributed by atoms with Crippen molar-refractivity contribution >= 4 is 39.5 Å². The molecule has 35 heavy (non-hydrogen) atoms. The molecule has 1 aromatic carbocycles. The van der Waals surface area contributed by atoms with E-state index in [1.54, 1.807) is 46.0 Å². The van der Waals surface area contributed by atoms with Gasteiger partial charge in [-0.1, -0.05) is 13.8 Å². The van der Waals surface area contributed by atoms with Crippen LogP contribution in [-0.2, 0) is 16.6 Å². The van der Waals surface area contributed by atoms with E-state index in [0.717, 1.165) is 11.8 Å². The van der Waals surface area contributed by atoms with Crippen molar-refractivity contribution in [1.82, 2.24) is 14.6 Å². The molecule has 0 aliphatic rings. The van der Waals surface area contributed by atoms with E-state index in [2.05, 4.69) is 24.1 Å². The number of nitrogens with one attached hydrogen (secondary N) is 1. The molecule has 0 spiro atoms. The minimum absolute atomic E-state index is 0.233. The number of ether oxygens (including phenoxy) is 1. The third-order valence-electron chi connectivity index (χ3n) is 5.35. The zero-order valence-corrected chi connectivity index (χ0v) is 21.6. The van der Waals surface area contributed by atoms with Gasteiger partial charge in [0.15, 0.2) is 5.75 Å². The number of fused-ring (bicyclic) bond motifs is 3. The SMILES string of the molecule is CC(=O)Nc1cc2c(cn1)c(=O)n(C)c1cc(ON(C(=O)OC(C)(C)C)[C@@H](C)CC(C)C)ccc21. The second-order valence-corrected chi connectivity index (χ2v) is 10.2. The average molecular weight is 483 g/mol. The summed E-state index contributed by atoms with van der Waals surface area (Å²) in [7, 11) is 1.67. The lowest BCUT2D eigenvalue weighted by molar-refractivity contribution is -0.114. The lowest BCUT2D eigenvalue weighted by Crippen LogP contribution is -2.44. The summed E-state index contributed by atoms with van der Waals surface area (Å²) in [5.74, 6) is 0.843. The monoisotopic (exact) mass is 482 g/mol. The van der Waals surface area contributed by atoms with E-state index in [9.17, 15) is 14.4 Å². The Labute approximate surface area is 205 Å². The summed E-state index contributed by atoms with van der Waals surface area (Å²) in [6.07, 6.45) is 1.60. The van der Waals surface area contributed by atoms with Crippen LogP contribution in [0.1, 0.15) is 54.9 Å². The van der Waals surface area contributed by atoms with Crippen LogP contribution in [0.5, 0.6) is 5.75 Å². The van der Waals surface area contributed by atoms with E-state index >= 15 is 0 Å². The molecule has 2 aromatic heterocycles. The number of anilines is 1. The van der Waals surface area contributed by atoms with Gasteiger partial charge in [-0.2, -0.15) is 0 Å². The molecule has 188 valence electrons. The molecular formula is C26H34N4O5. The largest absolute Gasteiger partial charge is 0.443 e. The predicted octanol–water partition coefficient (Wildman–Crippen LogP) is 5.01. The number of hydrogen-bond acceptors (Lipinski definition) is 6. The molecule has 0 saturated heterocycles. The molecule has 0 saturated carbocycles. The maximum Gasteiger partial charge on any atom is 0.443 e. The lowest BCUT2D eigenvalue weighted by atomic mass is 10.1. The topological polar surface area (TPSA) is 103 Å². The molecule has 3 aromatic rings. The van der Waals surface area contributed by atoms with Gasteiger partial charge in [0, 0.05) is 37.0 Å². The highest BCUT2D eigenvalue weighted by Crippen LogP contribution is 2.28. The Bertz CT molecular complexity index is 1320. The molecule has 1 N–H and O–H groups in total. The van der Waals surface area contributed by atoms with Gasteiger partial charge in [0.05, 0.1) is 16.9 Å². The van der Waals surface area contributed by atoms with Crippen molar-refractivity contribution in [2.45, 2.75) is 66.5 Å². The quantitative estimate of drug-likeness (QED) is 0.391. The Balaban J connectivity index is 2.08. The Morgan fingerprint density at radius 2 is 1.80 bits per heavy atom. The molecule has 1 atom stereocenters. The Hall–Kier alpha value is -3.62. The van der Waals surface area contributed by atoms with Crippen LogP contribution >= 0.6 is 0 Å². The van der Waals surface area contributed by atoms with E-state index in [0.29, 0.717) is 33.8 Å². The summed E-state index contributed by atoms with van der Waals surface area (Å²) in [5, 5.41) is 5.78. The van der Waals surface area contributed by atoms with E-state index in [1.165, 1.54) is 22.8 Å². The van der Waals surface area contributed by atoms with Crippen LogP contribution in [0.3, 0.4) is 0 Å². The van der Waals surface area contributed by atoms with Crippen LogP contribution in [0.15, 0.2) is 35.3 Å². The van der Waals surface area contributed by atoms with Crippen LogP contribution in [-0.4, -0.2) is 38.3 Å². The van der Waals surface area contributed by atoms with Crippen molar-refractivity contribution in [3.8, 4) is 5.75 Å². The number of amides is 2. The average Bonchev–Trinajstić information content (AvgIpc) is 2.73. The third-order valence-corrected chi connectivity index (χ3v) is 5.35. The van der Waals surface area contributed by atoms with Crippen molar-refractivity contribution in [3.05, 3.63) is 40.8 Å². The molecule has 2 heterocycles. The van der Waals surface area contributed by atoms with Gasteiger partial charge in [0.1, 0.15) is 11.4 Å². The van der Waals surface area contributed by atoms with E-state index in [4.69, 9.17) is 9.57 Å². The number of carbonyl (C=O) groups is 2. The summed E-state index contributed by atoms with van der Waals surface area (Å²) in [6.45, 7) is 12.9. The maximum absolute atomic E-state index is 13.0.